The van der Waals surface area contributed by atoms with Crippen LogP contribution in [0.25, 0.3) is 6.08 Å². The van der Waals surface area contributed by atoms with Crippen LogP contribution in [0.2, 0.25) is 0 Å². The molecule has 0 spiro atoms. The molecule has 0 aliphatic carbocycles. The smallest absolute Gasteiger partial charge is 0.328 e. The number of aliphatic hydroxyl groups excluding tert-OH is 2. The number of nitrogens with zero attached hydrogens (tertiary/aromatic N) is 2. The largest absolute Gasteiger partial charge is 0.478 e. The molecule has 0 aromatic carbocycles. The summed E-state index contributed by atoms with van der Waals surface area (Å²) in [5.41, 5.74) is 0.438. The van der Waals surface area contributed by atoms with Crippen LogP contribution < -0.4 is 0 Å². The molecule has 0 atom stereocenters. The highest BCUT2D eigenvalue weighted by molar-refractivity contribution is 5.97. The van der Waals surface area contributed by atoms with Crippen molar-refractivity contribution in [1.82, 2.24) is 9.88 Å². The van der Waals surface area contributed by atoms with Gasteiger partial charge >= 0.3 is 5.97 Å². The summed E-state index contributed by atoms with van der Waals surface area (Å²) in [6, 6.07) is 3.15. The molecule has 0 bridgehead atoms. The number of carbonyl (C=O) groups is 2. The van der Waals surface area contributed by atoms with Crippen molar-refractivity contribution in [3.63, 3.8) is 0 Å². The zero-order valence-electron chi connectivity index (χ0n) is 10.8. The van der Waals surface area contributed by atoms with Crippen LogP contribution >= 0.6 is 0 Å². The number of aromatic nitrogens is 1. The van der Waals surface area contributed by atoms with Crippen LogP contribution in [-0.4, -0.2) is 63.4 Å². The minimum absolute atomic E-state index is 0.0675. The van der Waals surface area contributed by atoms with E-state index in [4.69, 9.17) is 15.3 Å². The van der Waals surface area contributed by atoms with Gasteiger partial charge in [0.25, 0.3) is 5.91 Å². The molecule has 1 aromatic heterocycles. The Morgan fingerprint density at radius 2 is 1.90 bits per heavy atom. The Balaban J connectivity index is 3.04. The number of hydrogen-bond acceptors (Lipinski definition) is 5. The molecule has 1 rings (SSSR count). The molecule has 0 radical (unpaired) electrons. The number of rotatable bonds is 7. The van der Waals surface area contributed by atoms with Crippen molar-refractivity contribution in [3.8, 4) is 0 Å². The quantitative estimate of drug-likeness (QED) is 0.586. The van der Waals surface area contributed by atoms with E-state index in [1.54, 1.807) is 12.1 Å². The highest BCUT2D eigenvalue weighted by Gasteiger charge is 2.18. The molecule has 20 heavy (non-hydrogen) atoms. The molecular weight excluding hydrogens is 264 g/mol. The maximum absolute atomic E-state index is 12.3. The molecule has 0 fully saturated rings. The second kappa shape index (κ2) is 8.03. The molecule has 108 valence electrons. The van der Waals surface area contributed by atoms with Crippen molar-refractivity contribution in [3.05, 3.63) is 35.7 Å². The molecule has 3 N–H and O–H groups in total. The summed E-state index contributed by atoms with van der Waals surface area (Å²) in [5, 5.41) is 26.4. The first-order valence-corrected chi connectivity index (χ1v) is 5.97. The minimum Gasteiger partial charge on any atom is -0.478 e. The molecule has 0 unspecified atom stereocenters. The predicted molar refractivity (Wildman–Crippen MR) is 71.0 cm³/mol. The Kier molecular flexibility index (Phi) is 6.34. The number of hydrogen-bond donors (Lipinski definition) is 3. The van der Waals surface area contributed by atoms with Gasteiger partial charge in [0.1, 0.15) is 5.69 Å². The first-order valence-electron chi connectivity index (χ1n) is 5.97. The van der Waals surface area contributed by atoms with Crippen LogP contribution in [0, 0.1) is 0 Å². The van der Waals surface area contributed by atoms with Gasteiger partial charge in [-0.05, 0) is 12.1 Å². The predicted octanol–water partition coefficient (Wildman–Crippen LogP) is -0.394. The highest BCUT2D eigenvalue weighted by atomic mass is 16.4. The Morgan fingerprint density at radius 1 is 1.25 bits per heavy atom. The van der Waals surface area contributed by atoms with E-state index >= 15 is 0 Å². The van der Waals surface area contributed by atoms with Crippen molar-refractivity contribution < 1.29 is 24.9 Å². The lowest BCUT2D eigenvalue weighted by Gasteiger charge is -2.20. The van der Waals surface area contributed by atoms with Gasteiger partial charge in [0.2, 0.25) is 0 Å². The lowest BCUT2D eigenvalue weighted by atomic mass is 10.1. The lowest BCUT2D eigenvalue weighted by molar-refractivity contribution is -0.131. The number of carboxylic acids is 1. The number of amides is 1. The van der Waals surface area contributed by atoms with Crippen LogP contribution in [0.5, 0.6) is 0 Å². The first kappa shape index (κ1) is 15.8. The monoisotopic (exact) mass is 280 g/mol. The molecular formula is C13H16N2O5. The van der Waals surface area contributed by atoms with Crippen LogP contribution in [0.1, 0.15) is 16.1 Å². The van der Waals surface area contributed by atoms with E-state index in [1.165, 1.54) is 17.2 Å². The summed E-state index contributed by atoms with van der Waals surface area (Å²) in [4.78, 5) is 28.0. The summed E-state index contributed by atoms with van der Waals surface area (Å²) in [6.07, 6.45) is 3.61. The van der Waals surface area contributed by atoms with Gasteiger partial charge in [0.15, 0.2) is 0 Å². The summed E-state index contributed by atoms with van der Waals surface area (Å²) in [5.74, 6) is -1.60. The second-order valence-corrected chi connectivity index (χ2v) is 3.85. The SMILES string of the molecule is O=C(O)/C=C/c1cccnc1C(=O)N(CCO)CCO. The van der Waals surface area contributed by atoms with Gasteiger partial charge in [-0.25, -0.2) is 4.79 Å². The van der Waals surface area contributed by atoms with Gasteiger partial charge in [0.05, 0.1) is 13.2 Å². The van der Waals surface area contributed by atoms with E-state index < -0.39 is 11.9 Å². The van der Waals surface area contributed by atoms with Crippen molar-refractivity contribution in [1.29, 1.82) is 0 Å². The van der Waals surface area contributed by atoms with Gasteiger partial charge in [0, 0.05) is 30.9 Å². The number of carbonyl (C=O) groups excluding carboxylic acids is 1. The third-order valence-corrected chi connectivity index (χ3v) is 2.47. The molecule has 1 heterocycles. The Hall–Kier alpha value is -2.25. The maximum atomic E-state index is 12.3. The standard InChI is InChI=1S/C13H16N2O5/c16-8-6-15(7-9-17)13(20)12-10(2-1-5-14-12)3-4-11(18)19/h1-5,16-17H,6-9H2,(H,18,19)/b4-3+. The number of aliphatic hydroxyl groups is 2. The van der Waals surface area contributed by atoms with Crippen molar-refractivity contribution >= 4 is 18.0 Å². The van der Waals surface area contributed by atoms with E-state index in [0.717, 1.165) is 6.08 Å². The fourth-order valence-electron chi connectivity index (χ4n) is 1.60. The molecule has 7 heteroatoms. The van der Waals surface area contributed by atoms with E-state index in [2.05, 4.69) is 4.98 Å². The summed E-state index contributed by atoms with van der Waals surface area (Å²) in [7, 11) is 0. The average Bonchev–Trinajstić information content (AvgIpc) is 2.44. The third-order valence-electron chi connectivity index (χ3n) is 2.47. The molecule has 0 aliphatic heterocycles. The van der Waals surface area contributed by atoms with Crippen LogP contribution in [0.4, 0.5) is 0 Å². The topological polar surface area (TPSA) is 111 Å². The zero-order chi connectivity index (χ0) is 15.0. The molecule has 7 nitrogen and oxygen atoms in total. The third kappa shape index (κ3) is 4.45. The van der Waals surface area contributed by atoms with E-state index in [0.29, 0.717) is 5.56 Å². The normalized spacial score (nSPS) is 10.7. The zero-order valence-corrected chi connectivity index (χ0v) is 10.8. The van der Waals surface area contributed by atoms with Crippen molar-refractivity contribution in [2.24, 2.45) is 0 Å². The van der Waals surface area contributed by atoms with Gasteiger partial charge in [-0.15, -0.1) is 0 Å². The first-order chi connectivity index (χ1) is 9.60. The van der Waals surface area contributed by atoms with Gasteiger partial charge in [-0.3, -0.25) is 9.78 Å². The average molecular weight is 280 g/mol. The van der Waals surface area contributed by atoms with Gasteiger partial charge in [-0.2, -0.15) is 0 Å². The summed E-state index contributed by atoms with van der Waals surface area (Å²) < 4.78 is 0. The van der Waals surface area contributed by atoms with Crippen molar-refractivity contribution in [2.75, 3.05) is 26.3 Å². The fraction of sp³-hybridized carbons (Fsp3) is 0.308. The van der Waals surface area contributed by atoms with Gasteiger partial charge < -0.3 is 20.2 Å². The Bertz CT molecular complexity index is 495. The molecule has 1 amide bonds. The van der Waals surface area contributed by atoms with E-state index in [-0.39, 0.29) is 32.0 Å². The number of pyridine rings is 1. The van der Waals surface area contributed by atoms with Crippen LogP contribution in [0.3, 0.4) is 0 Å². The van der Waals surface area contributed by atoms with E-state index in [9.17, 15) is 9.59 Å². The number of carboxylic acid groups (broad SMARTS) is 1. The fourth-order valence-corrected chi connectivity index (χ4v) is 1.60. The number of aliphatic carboxylic acids is 1. The molecule has 1 aromatic rings. The Morgan fingerprint density at radius 3 is 2.45 bits per heavy atom. The van der Waals surface area contributed by atoms with Gasteiger partial charge in [-0.1, -0.05) is 6.07 Å². The second-order valence-electron chi connectivity index (χ2n) is 3.85. The summed E-state index contributed by atoms with van der Waals surface area (Å²) >= 11 is 0. The highest BCUT2D eigenvalue weighted by Crippen LogP contribution is 2.11. The molecule has 0 aliphatic rings. The van der Waals surface area contributed by atoms with Crippen LogP contribution in [-0.2, 0) is 4.79 Å². The minimum atomic E-state index is -1.13. The van der Waals surface area contributed by atoms with E-state index in [1.807, 2.05) is 0 Å². The van der Waals surface area contributed by atoms with Crippen LogP contribution in [0.15, 0.2) is 24.4 Å². The molecule has 0 saturated carbocycles. The maximum Gasteiger partial charge on any atom is 0.328 e. The molecule has 0 saturated heterocycles. The van der Waals surface area contributed by atoms with Crippen molar-refractivity contribution in [2.45, 2.75) is 0 Å². The summed E-state index contributed by atoms with van der Waals surface area (Å²) in [6.45, 7) is -0.339. The lowest BCUT2D eigenvalue weighted by Crippen LogP contribution is -2.36. The Labute approximate surface area is 115 Å².